The fourth-order valence-corrected chi connectivity index (χ4v) is 12.6. The van der Waals surface area contributed by atoms with E-state index in [-0.39, 0.29) is 51.0 Å². The molecule has 5 aliphatic rings. The zero-order valence-corrected chi connectivity index (χ0v) is 31.4. The molecule has 4 fully saturated rings. The average Bonchev–Trinajstić information content (AvgIpc) is 3.00. The summed E-state index contributed by atoms with van der Waals surface area (Å²) >= 11 is 0. The molecule has 5 heteroatoms. The lowest BCUT2D eigenvalue weighted by molar-refractivity contribution is -0.227. The van der Waals surface area contributed by atoms with Crippen molar-refractivity contribution in [2.75, 3.05) is 0 Å². The molecule has 266 valence electrons. The minimum Gasteiger partial charge on any atom is -0.481 e. The van der Waals surface area contributed by atoms with Crippen LogP contribution in [0.25, 0.3) is 0 Å². The molecule has 0 aromatic rings. The first-order chi connectivity index (χ1) is 21.9. The zero-order valence-electron chi connectivity index (χ0n) is 31.4. The van der Waals surface area contributed by atoms with Gasteiger partial charge >= 0.3 is 5.97 Å². The number of aliphatic carboxylic acids is 1. The molecule has 5 nitrogen and oxygen atoms in total. The van der Waals surface area contributed by atoms with Crippen molar-refractivity contribution in [3.63, 3.8) is 0 Å². The minimum atomic E-state index is -1.36. The van der Waals surface area contributed by atoms with Crippen molar-refractivity contribution in [1.29, 1.82) is 0 Å². The fraction of sp³-hybridized carbons (Fsp3) is 0.881. The van der Waals surface area contributed by atoms with Crippen LogP contribution in [0, 0.1) is 50.2 Å². The molecule has 1 unspecified atom stereocenters. The lowest BCUT2D eigenvalue weighted by atomic mass is 9.32. The normalized spacial score (nSPS) is 44.0. The molecule has 0 saturated heterocycles. The van der Waals surface area contributed by atoms with E-state index in [1.54, 1.807) is 0 Å². The van der Waals surface area contributed by atoms with Crippen molar-refractivity contribution in [2.24, 2.45) is 50.2 Å². The number of carboxylic acids is 1. The number of rotatable bonds is 12. The van der Waals surface area contributed by atoms with Crippen LogP contribution in [0.1, 0.15) is 177 Å². The molecule has 5 rings (SSSR count). The van der Waals surface area contributed by atoms with Gasteiger partial charge in [0.2, 0.25) is 0 Å². The summed E-state index contributed by atoms with van der Waals surface area (Å²) in [5.74, 6) is -0.486. The number of unbranched alkanes of at least 4 members (excludes halogenated alkanes) is 8. The molecule has 0 radical (unpaired) electrons. The largest absolute Gasteiger partial charge is 0.481 e. The van der Waals surface area contributed by atoms with Gasteiger partial charge in [0.05, 0.1) is 5.41 Å². The molecule has 0 spiro atoms. The minimum absolute atomic E-state index is 0.00953. The first-order valence-corrected chi connectivity index (χ1v) is 19.6. The molecular weight excluding hydrogens is 584 g/mol. The Kier molecular flexibility index (Phi) is 9.93. The Labute approximate surface area is 286 Å². The summed E-state index contributed by atoms with van der Waals surface area (Å²) in [6.45, 7) is 17.8. The highest BCUT2D eigenvalue weighted by Gasteiger charge is 2.72. The van der Waals surface area contributed by atoms with Crippen molar-refractivity contribution in [2.45, 2.75) is 183 Å². The Bertz CT molecular complexity index is 1270. The highest BCUT2D eigenvalue weighted by molar-refractivity contribution is 5.96. The van der Waals surface area contributed by atoms with E-state index in [4.69, 9.17) is 0 Å². The molecule has 0 aliphatic heterocycles. The topological polar surface area (TPSA) is 91.7 Å². The van der Waals surface area contributed by atoms with Crippen LogP contribution in [-0.4, -0.2) is 33.3 Å². The third kappa shape index (κ3) is 5.63. The number of aliphatic hydroxyl groups is 1. The first kappa shape index (κ1) is 36.8. The average molecular weight is 653 g/mol. The molecular formula is C42H68O5. The Morgan fingerprint density at radius 1 is 0.787 bits per heavy atom. The predicted octanol–water partition coefficient (Wildman–Crippen LogP) is 10.3. The van der Waals surface area contributed by atoms with Gasteiger partial charge in [0, 0.05) is 17.8 Å². The van der Waals surface area contributed by atoms with Crippen LogP contribution in [0.15, 0.2) is 11.6 Å². The molecule has 47 heavy (non-hydrogen) atoms. The monoisotopic (exact) mass is 653 g/mol. The summed E-state index contributed by atoms with van der Waals surface area (Å²) in [5, 5.41) is 22.5. The van der Waals surface area contributed by atoms with Crippen LogP contribution >= 0.6 is 0 Å². The van der Waals surface area contributed by atoms with Gasteiger partial charge in [-0.25, -0.2) is 0 Å². The molecule has 0 amide bonds. The number of carbonyl (C=O) groups excluding carboxylic acids is 2. The SMILES string of the molecule is CCCCCCCCCCCC(=O)[C@]1(O)CC[C@@]2(C)C(CC[C@]3(C)[C@@H]2C(=O)C=C2[C@H]4C[C@@](C)(C(=O)O)CC[C@]4(C)CC[C@]23C)C1(C)C. The third-order valence-corrected chi connectivity index (χ3v) is 16.3. The van der Waals surface area contributed by atoms with Crippen LogP contribution in [-0.2, 0) is 14.4 Å². The van der Waals surface area contributed by atoms with Gasteiger partial charge in [-0.05, 0) is 111 Å². The molecule has 0 aromatic heterocycles. The van der Waals surface area contributed by atoms with Gasteiger partial charge in [0.25, 0.3) is 0 Å². The van der Waals surface area contributed by atoms with E-state index >= 15 is 0 Å². The van der Waals surface area contributed by atoms with Crippen LogP contribution in [0.4, 0.5) is 0 Å². The first-order valence-electron chi connectivity index (χ1n) is 19.6. The Morgan fingerprint density at radius 2 is 1.38 bits per heavy atom. The highest BCUT2D eigenvalue weighted by Crippen LogP contribution is 2.75. The maximum Gasteiger partial charge on any atom is 0.309 e. The summed E-state index contributed by atoms with van der Waals surface area (Å²) in [6, 6.07) is 0. The number of carbonyl (C=O) groups is 3. The van der Waals surface area contributed by atoms with Gasteiger partial charge in [-0.15, -0.1) is 0 Å². The maximum atomic E-state index is 14.7. The smallest absolute Gasteiger partial charge is 0.309 e. The lowest BCUT2D eigenvalue weighted by Gasteiger charge is -2.71. The number of allylic oxidation sites excluding steroid dienone is 2. The summed E-state index contributed by atoms with van der Waals surface area (Å²) in [7, 11) is 0. The number of Topliss-reactive ketones (excluding diaryl/α,β-unsaturated/α-hetero) is 1. The van der Waals surface area contributed by atoms with E-state index in [1.165, 1.54) is 44.1 Å². The van der Waals surface area contributed by atoms with Crippen molar-refractivity contribution in [3.8, 4) is 0 Å². The van der Waals surface area contributed by atoms with Gasteiger partial charge in [0.15, 0.2) is 11.6 Å². The molecule has 0 bridgehead atoms. The van der Waals surface area contributed by atoms with E-state index in [9.17, 15) is 24.6 Å². The van der Waals surface area contributed by atoms with Gasteiger partial charge < -0.3 is 10.2 Å². The van der Waals surface area contributed by atoms with E-state index in [0.717, 1.165) is 51.4 Å². The van der Waals surface area contributed by atoms with Crippen LogP contribution in [0.2, 0.25) is 0 Å². The quantitative estimate of drug-likeness (QED) is 0.205. The fourth-order valence-electron chi connectivity index (χ4n) is 12.6. The van der Waals surface area contributed by atoms with Crippen LogP contribution in [0.5, 0.6) is 0 Å². The van der Waals surface area contributed by atoms with Gasteiger partial charge in [-0.2, -0.15) is 0 Å². The van der Waals surface area contributed by atoms with E-state index in [1.807, 2.05) is 13.0 Å². The number of ketones is 2. The molecule has 4 saturated carbocycles. The zero-order chi connectivity index (χ0) is 34.7. The Hall–Kier alpha value is -1.49. The second kappa shape index (κ2) is 12.7. The van der Waals surface area contributed by atoms with Crippen LogP contribution in [0.3, 0.4) is 0 Å². The summed E-state index contributed by atoms with van der Waals surface area (Å²) in [6.07, 6.45) is 20.4. The van der Waals surface area contributed by atoms with Gasteiger partial charge in [-0.3, -0.25) is 14.4 Å². The predicted molar refractivity (Wildman–Crippen MR) is 189 cm³/mol. The Balaban J connectivity index is 1.35. The molecule has 9 atom stereocenters. The Morgan fingerprint density at radius 3 is 2.00 bits per heavy atom. The van der Waals surface area contributed by atoms with Gasteiger partial charge in [-0.1, -0.05) is 105 Å². The third-order valence-electron chi connectivity index (χ3n) is 16.3. The van der Waals surface area contributed by atoms with Crippen molar-refractivity contribution in [1.82, 2.24) is 0 Å². The van der Waals surface area contributed by atoms with Crippen LogP contribution < -0.4 is 0 Å². The summed E-state index contributed by atoms with van der Waals surface area (Å²) in [5.41, 5.74) is -2.22. The number of carboxylic acid groups (broad SMARTS) is 1. The number of hydrogen-bond donors (Lipinski definition) is 2. The number of fused-ring (bicyclic) bond motifs is 7. The summed E-state index contributed by atoms with van der Waals surface area (Å²) < 4.78 is 0. The lowest BCUT2D eigenvalue weighted by Crippen LogP contribution is -2.69. The molecule has 5 aliphatic carbocycles. The van der Waals surface area contributed by atoms with Gasteiger partial charge in [0.1, 0.15) is 5.60 Å². The molecule has 0 heterocycles. The van der Waals surface area contributed by atoms with Crippen molar-refractivity contribution < 1.29 is 24.6 Å². The van der Waals surface area contributed by atoms with E-state index < -0.39 is 22.4 Å². The number of hydrogen-bond acceptors (Lipinski definition) is 4. The molecule has 2 N–H and O–H groups in total. The summed E-state index contributed by atoms with van der Waals surface area (Å²) in [4.78, 5) is 40.9. The second-order valence-corrected chi connectivity index (χ2v) is 19.1. The molecule has 0 aromatic carbocycles. The van der Waals surface area contributed by atoms with E-state index in [2.05, 4.69) is 48.5 Å². The second-order valence-electron chi connectivity index (χ2n) is 19.1. The standard InChI is InChI=1S/C42H68O5/c1-9-10-11-12-13-14-15-16-17-18-33(44)42(47)26-24-39(6)32(36(42,2)3)19-20-41(8)34(39)31(43)27-29-30-28-38(5,35(45)46)22-21-37(30,4)23-25-40(29,41)7/h27,30,32,34,47H,9-26,28H2,1-8H3,(H,45,46)/t30-,32?,34-,37-,38+,39+,40-,41-,42-/m1/s1. The van der Waals surface area contributed by atoms with E-state index in [0.29, 0.717) is 32.1 Å². The maximum absolute atomic E-state index is 14.7. The van der Waals surface area contributed by atoms with Crippen molar-refractivity contribution in [3.05, 3.63) is 11.6 Å². The van der Waals surface area contributed by atoms with Crippen molar-refractivity contribution >= 4 is 17.5 Å². The highest BCUT2D eigenvalue weighted by atomic mass is 16.4.